The van der Waals surface area contributed by atoms with Gasteiger partial charge in [-0.05, 0) is 17.7 Å². The predicted octanol–water partition coefficient (Wildman–Crippen LogP) is 4.23. The molecule has 0 spiro atoms. The number of carbonyl (C=O) groups excluding carboxylic acids is 1. The maximum Gasteiger partial charge on any atom is 0.262 e. The van der Waals surface area contributed by atoms with Gasteiger partial charge in [0.1, 0.15) is 10.8 Å². The van der Waals surface area contributed by atoms with Crippen molar-refractivity contribution in [3.63, 3.8) is 0 Å². The lowest BCUT2D eigenvalue weighted by Gasteiger charge is -2.04. The van der Waals surface area contributed by atoms with Crippen LogP contribution in [0.4, 0.5) is 5.13 Å². The zero-order chi connectivity index (χ0) is 20.2. The fourth-order valence-electron chi connectivity index (χ4n) is 2.64. The molecule has 0 fully saturated rings. The van der Waals surface area contributed by atoms with Crippen LogP contribution in [0.15, 0.2) is 60.2 Å². The summed E-state index contributed by atoms with van der Waals surface area (Å²) in [6.07, 6.45) is 2.99. The molecule has 0 saturated heterocycles. The van der Waals surface area contributed by atoms with E-state index >= 15 is 0 Å². The standard InChI is InChI=1S/C20H13ClN6OS/c21-18-15(10-24-27(18)11-13-4-2-1-3-5-13)19(28)26-20-25-17(12-29-20)16-8-14(9-22)6-7-23-16/h1-8,10,12H,11H2,(H,25,26,28). The van der Waals surface area contributed by atoms with Gasteiger partial charge in [0.05, 0.1) is 35.6 Å². The van der Waals surface area contributed by atoms with Crippen molar-refractivity contribution in [2.75, 3.05) is 5.32 Å². The van der Waals surface area contributed by atoms with Crippen LogP contribution in [0.2, 0.25) is 5.15 Å². The van der Waals surface area contributed by atoms with Gasteiger partial charge in [0.2, 0.25) is 0 Å². The number of halogens is 1. The van der Waals surface area contributed by atoms with E-state index in [0.717, 1.165) is 5.56 Å². The first-order valence-corrected chi connectivity index (χ1v) is 9.78. The summed E-state index contributed by atoms with van der Waals surface area (Å²) >= 11 is 7.61. The monoisotopic (exact) mass is 420 g/mol. The molecule has 0 unspecified atom stereocenters. The van der Waals surface area contributed by atoms with Crippen molar-refractivity contribution in [1.29, 1.82) is 5.26 Å². The molecular formula is C20H13ClN6OS. The summed E-state index contributed by atoms with van der Waals surface area (Å²) in [6, 6.07) is 15.0. The van der Waals surface area contributed by atoms with Crippen LogP contribution in [0.5, 0.6) is 0 Å². The number of thiazole rings is 1. The van der Waals surface area contributed by atoms with Gasteiger partial charge >= 0.3 is 0 Å². The Balaban J connectivity index is 1.49. The van der Waals surface area contributed by atoms with Crippen LogP contribution >= 0.6 is 22.9 Å². The molecule has 1 amide bonds. The van der Waals surface area contributed by atoms with Gasteiger partial charge in [0.25, 0.3) is 5.91 Å². The zero-order valence-electron chi connectivity index (χ0n) is 14.9. The maximum absolute atomic E-state index is 12.6. The number of rotatable bonds is 5. The van der Waals surface area contributed by atoms with Crippen LogP contribution < -0.4 is 5.32 Å². The Kier molecular flexibility index (Phi) is 5.33. The van der Waals surface area contributed by atoms with Crippen LogP contribution in [-0.4, -0.2) is 25.7 Å². The second-order valence-corrected chi connectivity index (χ2v) is 7.24. The molecule has 7 nitrogen and oxygen atoms in total. The molecule has 4 aromatic rings. The lowest BCUT2D eigenvalue weighted by molar-refractivity contribution is 0.102. The van der Waals surface area contributed by atoms with E-state index in [1.54, 1.807) is 28.4 Å². The minimum absolute atomic E-state index is 0.256. The number of nitriles is 1. The third kappa shape index (κ3) is 4.16. The van der Waals surface area contributed by atoms with Crippen molar-refractivity contribution in [2.45, 2.75) is 6.54 Å². The summed E-state index contributed by atoms with van der Waals surface area (Å²) in [6.45, 7) is 0.468. The summed E-state index contributed by atoms with van der Waals surface area (Å²) in [4.78, 5) is 21.2. The first-order valence-electron chi connectivity index (χ1n) is 8.52. The van der Waals surface area contributed by atoms with Crippen LogP contribution in [-0.2, 0) is 6.54 Å². The number of benzene rings is 1. The van der Waals surface area contributed by atoms with E-state index in [-0.39, 0.29) is 10.7 Å². The summed E-state index contributed by atoms with van der Waals surface area (Å²) in [7, 11) is 0. The van der Waals surface area contributed by atoms with Crippen molar-refractivity contribution in [3.05, 3.63) is 82.1 Å². The van der Waals surface area contributed by atoms with Gasteiger partial charge in [-0.25, -0.2) is 9.67 Å². The maximum atomic E-state index is 12.6. The molecule has 0 atom stereocenters. The van der Waals surface area contributed by atoms with Gasteiger partial charge in [-0.3, -0.25) is 15.1 Å². The molecule has 3 heterocycles. The fraction of sp³-hybridized carbons (Fsp3) is 0.0500. The molecule has 1 N–H and O–H groups in total. The van der Waals surface area contributed by atoms with Crippen LogP contribution in [0.1, 0.15) is 21.5 Å². The largest absolute Gasteiger partial charge is 0.298 e. The van der Waals surface area contributed by atoms with E-state index in [1.165, 1.54) is 17.5 Å². The Labute approximate surface area is 175 Å². The summed E-state index contributed by atoms with van der Waals surface area (Å²) in [5.74, 6) is -0.394. The van der Waals surface area contributed by atoms with Crippen LogP contribution in [0.3, 0.4) is 0 Å². The molecule has 142 valence electrons. The summed E-state index contributed by atoms with van der Waals surface area (Å²) < 4.78 is 1.57. The topological polar surface area (TPSA) is 96.5 Å². The molecule has 0 aliphatic heterocycles. The summed E-state index contributed by atoms with van der Waals surface area (Å²) in [5, 5.41) is 18.4. The average Bonchev–Trinajstić information content (AvgIpc) is 3.36. The number of carbonyl (C=O) groups is 1. The number of aromatic nitrogens is 4. The number of anilines is 1. The Morgan fingerprint density at radius 2 is 2.07 bits per heavy atom. The molecule has 4 rings (SSSR count). The lowest BCUT2D eigenvalue weighted by Crippen LogP contribution is -2.12. The Morgan fingerprint density at radius 1 is 1.24 bits per heavy atom. The SMILES string of the molecule is N#Cc1ccnc(-c2csc(NC(=O)c3cnn(Cc4ccccc4)c3Cl)n2)c1. The average molecular weight is 421 g/mol. The molecule has 0 saturated carbocycles. The highest BCUT2D eigenvalue weighted by atomic mass is 35.5. The molecular weight excluding hydrogens is 408 g/mol. The second-order valence-electron chi connectivity index (χ2n) is 6.03. The fourth-order valence-corrected chi connectivity index (χ4v) is 3.58. The summed E-state index contributed by atoms with van der Waals surface area (Å²) in [5.41, 5.74) is 2.93. The first kappa shape index (κ1) is 18.8. The van der Waals surface area contributed by atoms with Gasteiger partial charge in [-0.15, -0.1) is 11.3 Å². The van der Waals surface area contributed by atoms with Crippen molar-refractivity contribution in [1.82, 2.24) is 19.7 Å². The number of pyridine rings is 1. The minimum Gasteiger partial charge on any atom is -0.298 e. The van der Waals surface area contributed by atoms with Crippen molar-refractivity contribution in [3.8, 4) is 17.5 Å². The van der Waals surface area contributed by atoms with E-state index < -0.39 is 5.91 Å². The second kappa shape index (κ2) is 8.22. The highest BCUT2D eigenvalue weighted by Gasteiger charge is 2.18. The number of amides is 1. The molecule has 1 aromatic carbocycles. The van der Waals surface area contributed by atoms with E-state index in [1.807, 2.05) is 30.3 Å². The lowest BCUT2D eigenvalue weighted by atomic mass is 10.2. The first-order chi connectivity index (χ1) is 14.1. The highest BCUT2D eigenvalue weighted by molar-refractivity contribution is 7.14. The number of nitrogens with one attached hydrogen (secondary N) is 1. The van der Waals surface area contributed by atoms with Crippen molar-refractivity contribution in [2.24, 2.45) is 0 Å². The normalized spacial score (nSPS) is 10.5. The van der Waals surface area contributed by atoms with E-state index in [0.29, 0.717) is 28.6 Å². The predicted molar refractivity (Wildman–Crippen MR) is 111 cm³/mol. The Bertz CT molecular complexity index is 1210. The number of hydrogen-bond acceptors (Lipinski definition) is 6. The zero-order valence-corrected chi connectivity index (χ0v) is 16.5. The highest BCUT2D eigenvalue weighted by Crippen LogP contribution is 2.25. The quantitative estimate of drug-likeness (QED) is 0.521. The minimum atomic E-state index is -0.394. The number of hydrogen-bond donors (Lipinski definition) is 1. The van der Waals surface area contributed by atoms with Crippen LogP contribution in [0.25, 0.3) is 11.4 Å². The van der Waals surface area contributed by atoms with Crippen molar-refractivity contribution >= 4 is 34.0 Å². The van der Waals surface area contributed by atoms with E-state index in [9.17, 15) is 4.79 Å². The molecule has 29 heavy (non-hydrogen) atoms. The van der Waals surface area contributed by atoms with Gasteiger partial charge in [-0.2, -0.15) is 10.4 Å². The third-order valence-electron chi connectivity index (χ3n) is 4.07. The molecule has 0 radical (unpaired) electrons. The Morgan fingerprint density at radius 3 is 2.86 bits per heavy atom. The smallest absolute Gasteiger partial charge is 0.262 e. The van der Waals surface area contributed by atoms with Gasteiger partial charge in [-0.1, -0.05) is 41.9 Å². The van der Waals surface area contributed by atoms with Crippen LogP contribution in [0, 0.1) is 11.3 Å². The molecule has 3 aromatic heterocycles. The Hall–Kier alpha value is -3.54. The van der Waals surface area contributed by atoms with E-state index in [2.05, 4.69) is 26.5 Å². The van der Waals surface area contributed by atoms with Gasteiger partial charge in [0, 0.05) is 11.6 Å². The molecule has 0 aliphatic carbocycles. The van der Waals surface area contributed by atoms with Gasteiger partial charge in [0.15, 0.2) is 5.13 Å². The van der Waals surface area contributed by atoms with E-state index in [4.69, 9.17) is 16.9 Å². The molecule has 9 heteroatoms. The van der Waals surface area contributed by atoms with Gasteiger partial charge < -0.3 is 0 Å². The molecule has 0 bridgehead atoms. The van der Waals surface area contributed by atoms with Crippen molar-refractivity contribution < 1.29 is 4.79 Å². The third-order valence-corrected chi connectivity index (χ3v) is 5.23. The number of nitrogens with zero attached hydrogens (tertiary/aromatic N) is 5. The molecule has 0 aliphatic rings.